The number of hydrogen-bond acceptors (Lipinski definition) is 17. The van der Waals surface area contributed by atoms with E-state index in [1.807, 2.05) is 24.4 Å². The molecule has 0 saturated heterocycles. The van der Waals surface area contributed by atoms with Gasteiger partial charge in [-0.05, 0) is 194 Å². The van der Waals surface area contributed by atoms with Crippen LogP contribution in [0.5, 0.6) is 23.0 Å². The minimum atomic E-state index is -0.564. The van der Waals surface area contributed by atoms with Crippen molar-refractivity contribution in [2.75, 3.05) is 26.9 Å². The number of fused-ring (bicyclic) bond motifs is 4. The molecule has 7 aromatic carbocycles. The molecule has 105 heavy (non-hydrogen) atoms. The lowest BCUT2D eigenvalue weighted by Crippen LogP contribution is -2.06. The maximum absolute atomic E-state index is 13.0. The Labute approximate surface area is 618 Å². The second kappa shape index (κ2) is 35.9. The van der Waals surface area contributed by atoms with E-state index >= 15 is 0 Å². The first kappa shape index (κ1) is 76.8. The third-order valence-corrected chi connectivity index (χ3v) is 17.2. The topological polar surface area (TPSA) is 226 Å². The number of benzene rings is 7. The highest BCUT2D eigenvalue weighted by Gasteiger charge is 2.23. The second-order valence-corrected chi connectivity index (χ2v) is 24.8. The summed E-state index contributed by atoms with van der Waals surface area (Å²) in [5, 5.41) is 6.03. The first-order valence-corrected chi connectivity index (χ1v) is 33.6. The quantitative estimate of drug-likeness (QED) is 0.0227. The van der Waals surface area contributed by atoms with Gasteiger partial charge in [-0.1, -0.05) is 108 Å². The van der Waals surface area contributed by atoms with E-state index in [4.69, 9.17) is 84.3 Å². The van der Waals surface area contributed by atoms with Crippen molar-refractivity contribution in [1.82, 2.24) is 0 Å². The summed E-state index contributed by atoms with van der Waals surface area (Å²) < 4.78 is 56.1. The predicted molar refractivity (Wildman–Crippen MR) is 412 cm³/mol. The Balaban J connectivity index is 0.000000163. The lowest BCUT2D eigenvalue weighted by Gasteiger charge is -2.11. The molecule has 0 amide bonds. The van der Waals surface area contributed by atoms with Gasteiger partial charge in [-0.15, -0.1) is 24.2 Å². The molecule has 5 heterocycles. The highest BCUT2D eigenvalue weighted by molar-refractivity contribution is 7.10. The SMILES string of the molecule is C#CCOc1ccc2c(C)cc(=O)oc2c1C(=O)C=Cc1ccc(Cl)cc1.C#CCOc1ccc2c(C)cc(=O)oc2c1C(=O)C=Cc1ccc(F)cc1.C=CCOc1ccc2c(C)cc(=O)oc2c1C(=O)C=Cc1c(Cl)cccc1Cl.COc1ccc2c(C)cc(=O)oc2c1C(=O)C=Cc1cccs1. The number of halogens is 4. The first-order chi connectivity index (χ1) is 50.5. The molecule has 16 nitrogen and oxygen atoms in total. The molecule has 0 aliphatic rings. The van der Waals surface area contributed by atoms with Crippen LogP contribution in [0.3, 0.4) is 0 Å². The molecule has 12 aromatic rings. The van der Waals surface area contributed by atoms with Gasteiger partial charge in [0.25, 0.3) is 0 Å². The Hall–Kier alpha value is -12.4. The number of terminal acetylenes is 2. The molecule has 0 aliphatic carbocycles. The molecular formula is C84H60Cl3FO16S. The van der Waals surface area contributed by atoms with Crippen LogP contribution in [0.4, 0.5) is 4.39 Å². The van der Waals surface area contributed by atoms with E-state index in [1.165, 1.54) is 85.2 Å². The van der Waals surface area contributed by atoms with Crippen molar-refractivity contribution in [2.45, 2.75) is 27.7 Å². The Morgan fingerprint density at radius 1 is 0.476 bits per heavy atom. The van der Waals surface area contributed by atoms with Crippen LogP contribution >= 0.6 is 46.1 Å². The van der Waals surface area contributed by atoms with E-state index in [2.05, 4.69) is 18.4 Å². The summed E-state index contributed by atoms with van der Waals surface area (Å²) in [7, 11) is 1.48. The first-order valence-electron chi connectivity index (χ1n) is 31.6. The van der Waals surface area contributed by atoms with Crippen LogP contribution in [0, 0.1) is 58.2 Å². The highest BCUT2D eigenvalue weighted by atomic mass is 35.5. The van der Waals surface area contributed by atoms with Gasteiger partial charge in [-0.2, -0.15) is 0 Å². The molecular weight excluding hydrogens is 1420 g/mol. The maximum Gasteiger partial charge on any atom is 0.336 e. The molecule has 0 aliphatic heterocycles. The summed E-state index contributed by atoms with van der Waals surface area (Å²) >= 11 is 19.7. The summed E-state index contributed by atoms with van der Waals surface area (Å²) in [6, 6.07) is 40.7. The molecule has 0 N–H and O–H groups in total. The smallest absolute Gasteiger partial charge is 0.336 e. The van der Waals surface area contributed by atoms with Gasteiger partial charge in [0.15, 0.2) is 45.5 Å². The average Bonchev–Trinajstić information content (AvgIpc) is 0.925. The molecule has 5 aromatic heterocycles. The number of allylic oxidation sites excluding steroid dienone is 4. The number of aryl methyl sites for hydroxylation is 4. The molecule has 12 rings (SSSR count). The largest absolute Gasteiger partial charge is 0.496 e. The minimum absolute atomic E-state index is 0.0112. The monoisotopic (exact) mass is 1480 g/mol. The van der Waals surface area contributed by atoms with Crippen molar-refractivity contribution in [3.8, 4) is 47.7 Å². The number of ketones is 4. The van der Waals surface area contributed by atoms with Gasteiger partial charge < -0.3 is 36.6 Å². The maximum atomic E-state index is 13.0. The summed E-state index contributed by atoms with van der Waals surface area (Å²) in [6.45, 7) is 10.9. The zero-order chi connectivity index (χ0) is 75.4. The Morgan fingerprint density at radius 3 is 1.21 bits per heavy atom. The van der Waals surface area contributed by atoms with Gasteiger partial charge in [0.2, 0.25) is 0 Å². The zero-order valence-electron chi connectivity index (χ0n) is 56.6. The fourth-order valence-electron chi connectivity index (χ4n) is 10.5. The average molecular weight is 1480 g/mol. The van der Waals surface area contributed by atoms with Crippen molar-refractivity contribution < 1.29 is 60.2 Å². The number of hydrogen-bond donors (Lipinski definition) is 0. The lowest BCUT2D eigenvalue weighted by atomic mass is 10.0. The Bertz CT molecular complexity index is 5600. The standard InChI is InChI=1S/C22H16Cl2O4.C22H15ClO4.C22H15FO4.C18H14O4S/c1-3-11-27-19-10-8-14-13(2)12-20(26)28-22(14)21(19)18(25)9-7-15-16(23)5-4-6-17(15)24;2*1-3-12-26-19-11-9-17-14(2)13-20(25)27-22(17)21(19)18(24)10-6-15-4-7-16(23)8-5-15;1-11-10-16(20)22-18-13(11)6-8-15(21-2)17(18)14(19)7-5-12-4-3-9-23-12/h3-10,12H,1,11H2,2H3;2*1,4-11,13H,12H2,2H3;3-10H,1-2H3. The number of carbonyl (C=O) groups excluding carboxylic acids is 4. The molecule has 526 valence electrons. The Kier molecular flexibility index (Phi) is 26.3. The predicted octanol–water partition coefficient (Wildman–Crippen LogP) is 18.7. The summed E-state index contributed by atoms with van der Waals surface area (Å²) in [4.78, 5) is 99.6. The van der Waals surface area contributed by atoms with Crippen LogP contribution in [0.25, 0.3) is 68.2 Å². The highest BCUT2D eigenvalue weighted by Crippen LogP contribution is 2.35. The van der Waals surface area contributed by atoms with Gasteiger partial charge in [-0.25, -0.2) is 23.6 Å². The van der Waals surface area contributed by atoms with E-state index in [0.29, 0.717) is 70.5 Å². The second-order valence-electron chi connectivity index (χ2n) is 22.6. The lowest BCUT2D eigenvalue weighted by molar-refractivity contribution is 0.103. The van der Waals surface area contributed by atoms with Crippen LogP contribution in [0.2, 0.25) is 15.1 Å². The Morgan fingerprint density at radius 2 is 0.838 bits per heavy atom. The van der Waals surface area contributed by atoms with Crippen molar-refractivity contribution in [2.24, 2.45) is 0 Å². The molecule has 0 spiro atoms. The molecule has 0 saturated carbocycles. The molecule has 0 atom stereocenters. The number of thiophene rings is 1. The number of ether oxygens (including phenoxy) is 4. The number of rotatable bonds is 20. The molecule has 0 bridgehead atoms. The third kappa shape index (κ3) is 19.4. The normalized spacial score (nSPS) is 11.0. The van der Waals surface area contributed by atoms with E-state index in [-0.39, 0.29) is 93.3 Å². The van der Waals surface area contributed by atoms with Crippen molar-refractivity contribution in [3.05, 3.63) is 323 Å². The number of carbonyl (C=O) groups is 4. The van der Waals surface area contributed by atoms with E-state index in [0.717, 1.165) is 21.4 Å². The van der Waals surface area contributed by atoms with Crippen LogP contribution in [0.15, 0.2) is 231 Å². The fraction of sp³-hybridized carbons (Fsp3) is 0.0952. The fourth-order valence-corrected chi connectivity index (χ4v) is 11.8. The molecule has 0 radical (unpaired) electrons. The van der Waals surface area contributed by atoms with Crippen molar-refractivity contribution in [3.63, 3.8) is 0 Å². The van der Waals surface area contributed by atoms with E-state index in [1.54, 1.807) is 148 Å². The summed E-state index contributed by atoms with van der Waals surface area (Å²) in [5.41, 5.74) is 4.13. The van der Waals surface area contributed by atoms with Gasteiger partial charge in [0.1, 0.15) is 70.9 Å². The van der Waals surface area contributed by atoms with Gasteiger partial charge in [0, 0.05) is 71.3 Å². The van der Waals surface area contributed by atoms with Crippen LogP contribution in [-0.4, -0.2) is 50.1 Å². The van der Waals surface area contributed by atoms with Crippen molar-refractivity contribution in [1.29, 1.82) is 0 Å². The van der Waals surface area contributed by atoms with Gasteiger partial charge in [-0.3, -0.25) is 19.2 Å². The molecule has 0 fully saturated rings. The van der Waals surface area contributed by atoms with E-state index in [9.17, 15) is 42.7 Å². The van der Waals surface area contributed by atoms with Gasteiger partial charge >= 0.3 is 22.5 Å². The van der Waals surface area contributed by atoms with Crippen LogP contribution < -0.4 is 41.4 Å². The van der Waals surface area contributed by atoms with Crippen molar-refractivity contribution >= 4 is 137 Å². The van der Waals surface area contributed by atoms with Crippen LogP contribution in [-0.2, 0) is 0 Å². The van der Waals surface area contributed by atoms with Crippen LogP contribution in [0.1, 0.15) is 85.3 Å². The third-order valence-electron chi connectivity index (χ3n) is 15.4. The van der Waals surface area contributed by atoms with E-state index < -0.39 is 34.1 Å². The number of methoxy groups -OCH3 is 1. The minimum Gasteiger partial charge on any atom is -0.496 e. The molecule has 0 unspecified atom stereocenters. The van der Waals surface area contributed by atoms with Gasteiger partial charge in [0.05, 0.1) is 7.11 Å². The molecule has 21 heteroatoms. The summed E-state index contributed by atoms with van der Waals surface area (Å²) in [6.07, 6.45) is 24.0. The summed E-state index contributed by atoms with van der Waals surface area (Å²) in [5.74, 6) is 4.03. The zero-order valence-corrected chi connectivity index (χ0v) is 59.7.